The Kier molecular flexibility index (Phi) is 7.22. The van der Waals surface area contributed by atoms with E-state index in [1.54, 1.807) is 12.5 Å². The Labute approximate surface area is 194 Å². The number of aromatic nitrogens is 2. The van der Waals surface area contributed by atoms with E-state index in [0.29, 0.717) is 38.3 Å². The Morgan fingerprint density at radius 3 is 2.36 bits per heavy atom. The number of imidazole rings is 1. The van der Waals surface area contributed by atoms with Gasteiger partial charge in [-0.05, 0) is 28.8 Å². The summed E-state index contributed by atoms with van der Waals surface area (Å²) in [7, 11) is -3.12. The zero-order valence-electron chi connectivity index (χ0n) is 18.7. The van der Waals surface area contributed by atoms with Crippen molar-refractivity contribution >= 4 is 15.9 Å². The van der Waals surface area contributed by atoms with Gasteiger partial charge in [-0.1, -0.05) is 36.4 Å². The van der Waals surface area contributed by atoms with Crippen molar-refractivity contribution in [3.63, 3.8) is 0 Å². The normalized spacial score (nSPS) is 15.4. The predicted molar refractivity (Wildman–Crippen MR) is 127 cm³/mol. The minimum Gasteiger partial charge on any atom is -0.348 e. The van der Waals surface area contributed by atoms with Crippen LogP contribution in [-0.4, -0.2) is 65.5 Å². The fourth-order valence-electron chi connectivity index (χ4n) is 3.95. The van der Waals surface area contributed by atoms with Gasteiger partial charge < -0.3 is 9.88 Å². The van der Waals surface area contributed by atoms with Gasteiger partial charge in [-0.25, -0.2) is 13.4 Å². The van der Waals surface area contributed by atoms with Crippen molar-refractivity contribution in [3.8, 4) is 0 Å². The zero-order chi connectivity index (χ0) is 23.3. The lowest BCUT2D eigenvalue weighted by atomic mass is 10.1. The minimum atomic E-state index is -3.12. The van der Waals surface area contributed by atoms with E-state index in [4.69, 9.17) is 0 Å². The molecule has 8 nitrogen and oxygen atoms in total. The molecule has 33 heavy (non-hydrogen) atoms. The molecule has 0 spiro atoms. The number of benzene rings is 2. The number of nitrogens with one attached hydrogen (secondary N) is 1. The molecule has 1 aliphatic heterocycles. The molecule has 174 valence electrons. The first kappa shape index (κ1) is 23.2. The summed E-state index contributed by atoms with van der Waals surface area (Å²) in [4.78, 5) is 18.9. The predicted octanol–water partition coefficient (Wildman–Crippen LogP) is 1.94. The van der Waals surface area contributed by atoms with Crippen LogP contribution in [0.3, 0.4) is 0 Å². The van der Waals surface area contributed by atoms with Gasteiger partial charge in [0.2, 0.25) is 10.0 Å². The first-order valence-corrected chi connectivity index (χ1v) is 12.8. The summed E-state index contributed by atoms with van der Waals surface area (Å²) in [6.45, 7) is 4.38. The van der Waals surface area contributed by atoms with Gasteiger partial charge in [0, 0.05) is 63.8 Å². The van der Waals surface area contributed by atoms with E-state index in [1.807, 2.05) is 47.2 Å². The summed E-state index contributed by atoms with van der Waals surface area (Å²) in [6.07, 6.45) is 6.72. The third-order valence-electron chi connectivity index (χ3n) is 5.79. The molecule has 1 fully saturated rings. The topological polar surface area (TPSA) is 87.5 Å². The number of sulfonamides is 1. The molecule has 1 aliphatic rings. The van der Waals surface area contributed by atoms with Gasteiger partial charge in [0.15, 0.2) is 0 Å². The highest BCUT2D eigenvalue weighted by atomic mass is 32.2. The van der Waals surface area contributed by atoms with E-state index in [2.05, 4.69) is 27.3 Å². The third-order valence-corrected chi connectivity index (χ3v) is 7.09. The number of hydrogen-bond acceptors (Lipinski definition) is 5. The van der Waals surface area contributed by atoms with Crippen LogP contribution in [-0.2, 0) is 29.7 Å². The van der Waals surface area contributed by atoms with Crippen LogP contribution in [0.15, 0.2) is 67.3 Å². The quantitative estimate of drug-likeness (QED) is 0.547. The summed E-state index contributed by atoms with van der Waals surface area (Å²) in [5.74, 6) is -0.108. The Morgan fingerprint density at radius 1 is 0.970 bits per heavy atom. The molecular formula is C24H29N5O3S. The Balaban J connectivity index is 1.27. The molecule has 1 amide bonds. The van der Waals surface area contributed by atoms with Gasteiger partial charge >= 0.3 is 0 Å². The van der Waals surface area contributed by atoms with Crippen molar-refractivity contribution in [1.82, 2.24) is 24.1 Å². The highest BCUT2D eigenvalue weighted by Crippen LogP contribution is 2.12. The SMILES string of the molecule is CS(=O)(=O)N1CCN(Cc2ccc(C(=O)NCc3cccc(Cn4ccnc4)c3)cc2)CC1. The molecule has 1 saturated heterocycles. The largest absolute Gasteiger partial charge is 0.348 e. The highest BCUT2D eigenvalue weighted by molar-refractivity contribution is 7.88. The van der Waals surface area contributed by atoms with Crippen LogP contribution in [0.4, 0.5) is 0 Å². The van der Waals surface area contributed by atoms with Crippen LogP contribution in [0.1, 0.15) is 27.0 Å². The van der Waals surface area contributed by atoms with E-state index in [-0.39, 0.29) is 5.91 Å². The average Bonchev–Trinajstić information content (AvgIpc) is 3.31. The second-order valence-electron chi connectivity index (χ2n) is 8.37. The molecule has 0 aliphatic carbocycles. The molecule has 4 rings (SSSR count). The molecule has 1 N–H and O–H groups in total. The number of carbonyl (C=O) groups excluding carboxylic acids is 1. The lowest BCUT2D eigenvalue weighted by Crippen LogP contribution is -2.47. The van der Waals surface area contributed by atoms with Gasteiger partial charge in [0.1, 0.15) is 0 Å². The highest BCUT2D eigenvalue weighted by Gasteiger charge is 2.23. The van der Waals surface area contributed by atoms with Crippen LogP contribution >= 0.6 is 0 Å². The molecule has 1 aromatic heterocycles. The van der Waals surface area contributed by atoms with Crippen molar-refractivity contribution in [2.24, 2.45) is 0 Å². The second kappa shape index (κ2) is 10.3. The standard InChI is InChI=1S/C24H29N5O3S/c1-33(31,32)29-13-11-27(12-14-29)17-20-5-7-23(8-6-20)24(30)26-16-21-3-2-4-22(15-21)18-28-10-9-25-19-28/h2-10,15,19H,11-14,16-18H2,1H3,(H,26,30). The maximum absolute atomic E-state index is 12.6. The van der Waals surface area contributed by atoms with Crippen LogP contribution in [0.2, 0.25) is 0 Å². The summed E-state index contributed by atoms with van der Waals surface area (Å²) < 4.78 is 26.8. The van der Waals surface area contributed by atoms with Crippen LogP contribution < -0.4 is 5.32 Å². The maximum atomic E-state index is 12.6. The lowest BCUT2D eigenvalue weighted by Gasteiger charge is -2.33. The molecule has 0 unspecified atom stereocenters. The summed E-state index contributed by atoms with van der Waals surface area (Å²) in [6, 6.07) is 15.8. The summed E-state index contributed by atoms with van der Waals surface area (Å²) in [5.41, 5.74) is 3.93. The molecule has 0 atom stereocenters. The molecule has 2 heterocycles. The van der Waals surface area contributed by atoms with Crippen molar-refractivity contribution in [3.05, 3.63) is 89.5 Å². The van der Waals surface area contributed by atoms with Crippen molar-refractivity contribution < 1.29 is 13.2 Å². The van der Waals surface area contributed by atoms with Crippen molar-refractivity contribution in [2.45, 2.75) is 19.6 Å². The van der Waals surface area contributed by atoms with Crippen molar-refractivity contribution in [1.29, 1.82) is 0 Å². The zero-order valence-corrected chi connectivity index (χ0v) is 19.5. The Hall–Kier alpha value is -3.01. The number of piperazine rings is 1. The van der Waals surface area contributed by atoms with Gasteiger partial charge in [0.05, 0.1) is 12.6 Å². The number of hydrogen-bond donors (Lipinski definition) is 1. The fourth-order valence-corrected chi connectivity index (χ4v) is 4.78. The van der Waals surface area contributed by atoms with Crippen LogP contribution in [0, 0.1) is 0 Å². The van der Waals surface area contributed by atoms with E-state index >= 15 is 0 Å². The first-order chi connectivity index (χ1) is 15.9. The van der Waals surface area contributed by atoms with E-state index in [0.717, 1.165) is 29.8 Å². The van der Waals surface area contributed by atoms with Crippen molar-refractivity contribution in [2.75, 3.05) is 32.4 Å². The molecule has 3 aromatic rings. The average molecular weight is 468 g/mol. The van der Waals surface area contributed by atoms with E-state index < -0.39 is 10.0 Å². The molecule has 9 heteroatoms. The van der Waals surface area contributed by atoms with Gasteiger partial charge in [0.25, 0.3) is 5.91 Å². The summed E-state index contributed by atoms with van der Waals surface area (Å²) >= 11 is 0. The first-order valence-electron chi connectivity index (χ1n) is 10.9. The number of amides is 1. The number of rotatable bonds is 8. The maximum Gasteiger partial charge on any atom is 0.251 e. The minimum absolute atomic E-state index is 0.108. The fraction of sp³-hybridized carbons (Fsp3) is 0.333. The summed E-state index contributed by atoms with van der Waals surface area (Å²) in [5, 5.41) is 2.99. The second-order valence-corrected chi connectivity index (χ2v) is 10.4. The molecule has 0 saturated carbocycles. The van der Waals surface area contributed by atoms with Gasteiger partial charge in [-0.15, -0.1) is 0 Å². The van der Waals surface area contributed by atoms with Crippen LogP contribution in [0.5, 0.6) is 0 Å². The van der Waals surface area contributed by atoms with Crippen LogP contribution in [0.25, 0.3) is 0 Å². The molecule has 0 radical (unpaired) electrons. The lowest BCUT2D eigenvalue weighted by molar-refractivity contribution is 0.0951. The number of nitrogens with zero attached hydrogens (tertiary/aromatic N) is 4. The number of carbonyl (C=O) groups is 1. The van der Waals surface area contributed by atoms with Gasteiger partial charge in [-0.2, -0.15) is 4.31 Å². The van der Waals surface area contributed by atoms with E-state index in [1.165, 1.54) is 10.6 Å². The molecule has 0 bridgehead atoms. The Bertz CT molecular complexity index is 1170. The molecule has 2 aromatic carbocycles. The molecular weight excluding hydrogens is 438 g/mol. The monoisotopic (exact) mass is 467 g/mol. The van der Waals surface area contributed by atoms with Gasteiger partial charge in [-0.3, -0.25) is 9.69 Å². The smallest absolute Gasteiger partial charge is 0.251 e. The van der Waals surface area contributed by atoms with E-state index in [9.17, 15) is 13.2 Å². The third kappa shape index (κ3) is 6.50. The Morgan fingerprint density at radius 2 is 1.70 bits per heavy atom.